The number of rotatable bonds is 3. The molecule has 0 bridgehead atoms. The largest absolute Gasteiger partial charge is 0.389 e. The van der Waals surface area contributed by atoms with Crippen LogP contribution in [0, 0.1) is 0 Å². The molecule has 2 aromatic carbocycles. The van der Waals surface area contributed by atoms with Crippen molar-refractivity contribution in [3.05, 3.63) is 66.2 Å². The quantitative estimate of drug-likeness (QED) is 0.908. The van der Waals surface area contributed by atoms with Gasteiger partial charge in [-0.3, -0.25) is 0 Å². The van der Waals surface area contributed by atoms with Gasteiger partial charge < -0.3 is 15.1 Å². The number of carbonyl (C=O) groups is 1. The van der Waals surface area contributed by atoms with Crippen molar-refractivity contribution in [3.63, 3.8) is 0 Å². The van der Waals surface area contributed by atoms with Gasteiger partial charge in [0.05, 0.1) is 5.71 Å². The van der Waals surface area contributed by atoms with Crippen molar-refractivity contribution in [2.24, 2.45) is 5.16 Å². The van der Waals surface area contributed by atoms with Crippen molar-refractivity contribution in [2.75, 3.05) is 18.4 Å². The SMILES string of the molecule is O=C(Nc1ccccc1)N1CCC2(CC1)CC(Cc1ccccc1)=NO2. The maximum atomic E-state index is 12.4. The molecule has 1 spiro atoms. The van der Waals surface area contributed by atoms with Crippen LogP contribution >= 0.6 is 0 Å². The second kappa shape index (κ2) is 7.20. The van der Waals surface area contributed by atoms with E-state index in [0.717, 1.165) is 37.1 Å². The zero-order valence-electron chi connectivity index (χ0n) is 14.7. The number of para-hydroxylation sites is 1. The molecule has 2 aliphatic rings. The molecule has 5 heteroatoms. The monoisotopic (exact) mass is 349 g/mol. The van der Waals surface area contributed by atoms with Gasteiger partial charge >= 0.3 is 6.03 Å². The van der Waals surface area contributed by atoms with Crippen LogP contribution in [-0.2, 0) is 11.3 Å². The number of hydrogen-bond donors (Lipinski definition) is 1. The van der Waals surface area contributed by atoms with E-state index >= 15 is 0 Å². The summed E-state index contributed by atoms with van der Waals surface area (Å²) in [5.41, 5.74) is 2.95. The second-order valence-electron chi connectivity index (χ2n) is 7.05. The van der Waals surface area contributed by atoms with Crippen LogP contribution in [0.1, 0.15) is 24.8 Å². The summed E-state index contributed by atoms with van der Waals surface area (Å²) in [5, 5.41) is 7.29. The lowest BCUT2D eigenvalue weighted by Crippen LogP contribution is -2.48. The maximum absolute atomic E-state index is 12.4. The molecule has 5 nitrogen and oxygen atoms in total. The Morgan fingerprint density at radius 1 is 1.04 bits per heavy atom. The van der Waals surface area contributed by atoms with Crippen molar-refractivity contribution < 1.29 is 9.63 Å². The minimum Gasteiger partial charge on any atom is -0.389 e. The van der Waals surface area contributed by atoms with Crippen molar-refractivity contribution in [3.8, 4) is 0 Å². The van der Waals surface area contributed by atoms with E-state index in [1.165, 1.54) is 5.56 Å². The summed E-state index contributed by atoms with van der Waals surface area (Å²) in [4.78, 5) is 20.1. The Kier molecular flexibility index (Phi) is 4.61. The Balaban J connectivity index is 1.29. The van der Waals surface area contributed by atoms with Crippen molar-refractivity contribution in [1.82, 2.24) is 4.90 Å². The van der Waals surface area contributed by atoms with Gasteiger partial charge in [-0.2, -0.15) is 0 Å². The highest BCUT2D eigenvalue weighted by Crippen LogP contribution is 2.35. The van der Waals surface area contributed by atoms with E-state index in [2.05, 4.69) is 22.6 Å². The Hall–Kier alpha value is -2.82. The van der Waals surface area contributed by atoms with Gasteiger partial charge in [-0.05, 0) is 17.7 Å². The van der Waals surface area contributed by atoms with Crippen LogP contribution in [0.2, 0.25) is 0 Å². The smallest absolute Gasteiger partial charge is 0.321 e. The Bertz CT molecular complexity index is 781. The van der Waals surface area contributed by atoms with E-state index in [0.29, 0.717) is 13.1 Å². The molecule has 2 aromatic rings. The highest BCUT2D eigenvalue weighted by atomic mass is 16.7. The number of nitrogens with zero attached hydrogens (tertiary/aromatic N) is 2. The molecule has 2 heterocycles. The van der Waals surface area contributed by atoms with Crippen LogP contribution in [0.25, 0.3) is 0 Å². The molecular weight excluding hydrogens is 326 g/mol. The number of likely N-dealkylation sites (tertiary alicyclic amines) is 1. The fourth-order valence-corrected chi connectivity index (χ4v) is 3.63. The van der Waals surface area contributed by atoms with Crippen molar-refractivity contribution in [2.45, 2.75) is 31.3 Å². The molecule has 26 heavy (non-hydrogen) atoms. The normalized spacial score (nSPS) is 18.3. The zero-order chi connectivity index (χ0) is 17.8. The van der Waals surface area contributed by atoms with E-state index in [1.54, 1.807) is 0 Å². The number of piperidine rings is 1. The average molecular weight is 349 g/mol. The Morgan fingerprint density at radius 3 is 2.38 bits per heavy atom. The van der Waals surface area contributed by atoms with Crippen molar-refractivity contribution in [1.29, 1.82) is 0 Å². The average Bonchev–Trinajstić information content (AvgIpc) is 3.06. The van der Waals surface area contributed by atoms with E-state index in [-0.39, 0.29) is 11.6 Å². The molecule has 2 aliphatic heterocycles. The van der Waals surface area contributed by atoms with Gasteiger partial charge in [0.15, 0.2) is 0 Å². The summed E-state index contributed by atoms with van der Waals surface area (Å²) < 4.78 is 0. The summed E-state index contributed by atoms with van der Waals surface area (Å²) in [6.45, 7) is 1.37. The first-order chi connectivity index (χ1) is 12.7. The number of urea groups is 1. The molecular formula is C21H23N3O2. The Morgan fingerprint density at radius 2 is 1.69 bits per heavy atom. The number of nitrogens with one attached hydrogen (secondary N) is 1. The molecule has 0 aliphatic carbocycles. The molecule has 2 amide bonds. The summed E-state index contributed by atoms with van der Waals surface area (Å²) in [6.07, 6.45) is 3.32. The highest BCUT2D eigenvalue weighted by molar-refractivity contribution is 5.90. The summed E-state index contributed by atoms with van der Waals surface area (Å²) in [6, 6.07) is 19.9. The van der Waals surface area contributed by atoms with Crippen LogP contribution in [0.3, 0.4) is 0 Å². The predicted octanol–water partition coefficient (Wildman–Crippen LogP) is 4.07. The minimum absolute atomic E-state index is 0.0468. The van der Waals surface area contributed by atoms with Gasteiger partial charge in [-0.15, -0.1) is 0 Å². The van der Waals surface area contributed by atoms with Crippen LogP contribution in [0.4, 0.5) is 10.5 Å². The first kappa shape index (κ1) is 16.6. The number of anilines is 1. The Labute approximate surface area is 153 Å². The molecule has 1 N–H and O–H groups in total. The van der Waals surface area contributed by atoms with Gasteiger partial charge in [-0.1, -0.05) is 53.7 Å². The molecule has 1 fully saturated rings. The third-order valence-electron chi connectivity index (χ3n) is 5.13. The third kappa shape index (κ3) is 3.72. The topological polar surface area (TPSA) is 53.9 Å². The first-order valence-electron chi connectivity index (χ1n) is 9.11. The van der Waals surface area contributed by atoms with Crippen molar-refractivity contribution >= 4 is 17.4 Å². The molecule has 134 valence electrons. The maximum Gasteiger partial charge on any atom is 0.321 e. The number of amides is 2. The van der Waals surface area contributed by atoms with E-state index in [1.807, 2.05) is 53.4 Å². The minimum atomic E-state index is -0.229. The molecule has 0 radical (unpaired) electrons. The fourth-order valence-electron chi connectivity index (χ4n) is 3.63. The van der Waals surface area contributed by atoms with Crippen LogP contribution < -0.4 is 5.32 Å². The molecule has 1 saturated heterocycles. The fraction of sp³-hybridized carbons (Fsp3) is 0.333. The lowest BCUT2D eigenvalue weighted by molar-refractivity contribution is -0.0544. The van der Waals surface area contributed by atoms with Gasteiger partial charge in [0.25, 0.3) is 0 Å². The zero-order valence-corrected chi connectivity index (χ0v) is 14.7. The second-order valence-corrected chi connectivity index (χ2v) is 7.05. The number of benzene rings is 2. The number of oxime groups is 1. The summed E-state index contributed by atoms with van der Waals surface area (Å²) in [7, 11) is 0. The van der Waals surface area contributed by atoms with Crippen LogP contribution in [-0.4, -0.2) is 35.3 Å². The molecule has 0 saturated carbocycles. The molecule has 4 rings (SSSR count). The van der Waals surface area contributed by atoms with E-state index in [9.17, 15) is 4.79 Å². The van der Waals surface area contributed by atoms with Gasteiger partial charge in [0, 0.05) is 44.5 Å². The summed E-state index contributed by atoms with van der Waals surface area (Å²) >= 11 is 0. The van der Waals surface area contributed by atoms with Crippen LogP contribution in [0.15, 0.2) is 65.8 Å². The molecule has 0 atom stereocenters. The number of carbonyl (C=O) groups excluding carboxylic acids is 1. The van der Waals surface area contributed by atoms with E-state index < -0.39 is 0 Å². The summed E-state index contributed by atoms with van der Waals surface area (Å²) in [5.74, 6) is 0. The first-order valence-corrected chi connectivity index (χ1v) is 9.11. The third-order valence-corrected chi connectivity index (χ3v) is 5.13. The lowest BCUT2D eigenvalue weighted by atomic mass is 9.86. The molecule has 0 unspecified atom stereocenters. The van der Waals surface area contributed by atoms with Gasteiger partial charge in [0.2, 0.25) is 0 Å². The van der Waals surface area contributed by atoms with E-state index in [4.69, 9.17) is 4.84 Å². The number of hydrogen-bond acceptors (Lipinski definition) is 3. The lowest BCUT2D eigenvalue weighted by Gasteiger charge is -2.37. The van der Waals surface area contributed by atoms with Gasteiger partial charge in [0.1, 0.15) is 5.60 Å². The van der Waals surface area contributed by atoms with Crippen LogP contribution in [0.5, 0.6) is 0 Å². The van der Waals surface area contributed by atoms with Gasteiger partial charge in [-0.25, -0.2) is 4.79 Å². The standard InChI is InChI=1S/C21H23N3O2/c25-20(22-18-9-5-2-6-10-18)24-13-11-21(12-14-24)16-19(23-26-21)15-17-7-3-1-4-8-17/h1-10H,11-16H2,(H,22,25). The predicted molar refractivity (Wildman–Crippen MR) is 102 cm³/mol. The molecule has 0 aromatic heterocycles. The highest BCUT2D eigenvalue weighted by Gasteiger charge is 2.42.